The highest BCUT2D eigenvalue weighted by atomic mass is 16.4. The number of piperidine rings is 1. The Hall–Kier alpha value is -1.36. The smallest absolute Gasteiger partial charge is 0.328 e. The number of aliphatic carboxylic acids is 1. The van der Waals surface area contributed by atoms with E-state index in [0.29, 0.717) is 13.1 Å². The third-order valence-corrected chi connectivity index (χ3v) is 3.54. The highest BCUT2D eigenvalue weighted by Gasteiger charge is 2.40. The summed E-state index contributed by atoms with van der Waals surface area (Å²) in [6.07, 6.45) is 3.21. The number of hydrogen-bond acceptors (Lipinski definition) is 3. The van der Waals surface area contributed by atoms with Crippen molar-refractivity contribution in [1.82, 2.24) is 10.2 Å². The zero-order valence-corrected chi connectivity index (χ0v) is 9.98. The SMILES string of the molecule is CC(=CC(=O)O)CN1CCCC2C(=O)NCC21. The average Bonchev–Trinajstić information content (AvgIpc) is 2.61. The minimum atomic E-state index is -0.906. The van der Waals surface area contributed by atoms with E-state index >= 15 is 0 Å². The van der Waals surface area contributed by atoms with E-state index in [9.17, 15) is 9.59 Å². The fourth-order valence-electron chi connectivity index (χ4n) is 2.81. The third-order valence-electron chi connectivity index (χ3n) is 3.54. The van der Waals surface area contributed by atoms with E-state index in [0.717, 1.165) is 25.0 Å². The Bertz CT molecular complexity index is 365. The molecule has 5 nitrogen and oxygen atoms in total. The minimum absolute atomic E-state index is 0.0985. The van der Waals surface area contributed by atoms with Crippen molar-refractivity contribution in [3.63, 3.8) is 0 Å². The summed E-state index contributed by atoms with van der Waals surface area (Å²) in [6.45, 7) is 4.11. The van der Waals surface area contributed by atoms with Gasteiger partial charge >= 0.3 is 5.97 Å². The molecule has 0 spiro atoms. The lowest BCUT2D eigenvalue weighted by Crippen LogP contribution is -2.46. The van der Waals surface area contributed by atoms with Gasteiger partial charge in [0.25, 0.3) is 0 Å². The number of nitrogens with one attached hydrogen (secondary N) is 1. The Labute approximate surface area is 100 Å². The Morgan fingerprint density at radius 2 is 2.41 bits per heavy atom. The average molecular weight is 238 g/mol. The maximum Gasteiger partial charge on any atom is 0.328 e. The second-order valence-electron chi connectivity index (χ2n) is 4.86. The molecule has 2 unspecified atom stereocenters. The summed E-state index contributed by atoms with van der Waals surface area (Å²) in [5, 5.41) is 11.6. The topological polar surface area (TPSA) is 69.6 Å². The summed E-state index contributed by atoms with van der Waals surface area (Å²) < 4.78 is 0. The number of fused-ring (bicyclic) bond motifs is 1. The van der Waals surface area contributed by atoms with Gasteiger partial charge in [-0.3, -0.25) is 9.69 Å². The van der Waals surface area contributed by atoms with Crippen molar-refractivity contribution < 1.29 is 14.7 Å². The van der Waals surface area contributed by atoms with E-state index in [-0.39, 0.29) is 17.9 Å². The molecule has 0 aliphatic carbocycles. The van der Waals surface area contributed by atoms with Gasteiger partial charge in [0.1, 0.15) is 0 Å². The van der Waals surface area contributed by atoms with Crippen LogP contribution < -0.4 is 5.32 Å². The zero-order valence-electron chi connectivity index (χ0n) is 9.98. The van der Waals surface area contributed by atoms with Crippen LogP contribution in [0.15, 0.2) is 11.6 Å². The number of hydrogen-bond donors (Lipinski definition) is 2. The number of nitrogens with zero attached hydrogens (tertiary/aromatic N) is 1. The molecule has 0 aromatic carbocycles. The molecular formula is C12H18N2O3. The fourth-order valence-corrected chi connectivity index (χ4v) is 2.81. The van der Waals surface area contributed by atoms with E-state index in [1.54, 1.807) is 0 Å². The lowest BCUT2D eigenvalue weighted by molar-refractivity contribution is -0.131. The third kappa shape index (κ3) is 2.66. The molecule has 0 aromatic heterocycles. The van der Waals surface area contributed by atoms with Gasteiger partial charge in [-0.25, -0.2) is 4.79 Å². The highest BCUT2D eigenvalue weighted by Crippen LogP contribution is 2.27. The summed E-state index contributed by atoms with van der Waals surface area (Å²) >= 11 is 0. The summed E-state index contributed by atoms with van der Waals surface area (Å²) in [4.78, 5) is 24.4. The maximum absolute atomic E-state index is 11.6. The van der Waals surface area contributed by atoms with Gasteiger partial charge in [0.2, 0.25) is 5.91 Å². The van der Waals surface area contributed by atoms with Crippen molar-refractivity contribution in [3.05, 3.63) is 11.6 Å². The molecule has 2 fully saturated rings. The normalized spacial score (nSPS) is 29.9. The molecule has 0 bridgehead atoms. The van der Waals surface area contributed by atoms with Crippen molar-refractivity contribution in [2.45, 2.75) is 25.8 Å². The maximum atomic E-state index is 11.6. The summed E-state index contributed by atoms with van der Waals surface area (Å²) in [5.41, 5.74) is 0.831. The fraction of sp³-hybridized carbons (Fsp3) is 0.667. The van der Waals surface area contributed by atoms with E-state index < -0.39 is 5.97 Å². The van der Waals surface area contributed by atoms with Crippen molar-refractivity contribution in [1.29, 1.82) is 0 Å². The molecule has 1 amide bonds. The molecule has 2 aliphatic heterocycles. The molecule has 5 heteroatoms. The number of carbonyl (C=O) groups excluding carboxylic acids is 1. The molecule has 94 valence electrons. The number of carboxylic acids is 1. The first-order valence-corrected chi connectivity index (χ1v) is 6.00. The van der Waals surface area contributed by atoms with E-state index in [1.807, 2.05) is 6.92 Å². The van der Waals surface area contributed by atoms with Crippen LogP contribution in [0.2, 0.25) is 0 Å². The quantitative estimate of drug-likeness (QED) is 0.690. The Morgan fingerprint density at radius 1 is 1.65 bits per heavy atom. The van der Waals surface area contributed by atoms with Gasteiger partial charge in [0.15, 0.2) is 0 Å². The number of carbonyl (C=O) groups is 2. The molecule has 2 atom stereocenters. The van der Waals surface area contributed by atoms with E-state index in [4.69, 9.17) is 5.11 Å². The molecule has 17 heavy (non-hydrogen) atoms. The zero-order chi connectivity index (χ0) is 12.4. The summed E-state index contributed by atoms with van der Waals surface area (Å²) in [7, 11) is 0. The van der Waals surface area contributed by atoms with Crippen molar-refractivity contribution >= 4 is 11.9 Å². The number of carboxylic acid groups (broad SMARTS) is 1. The molecule has 2 saturated heterocycles. The van der Waals surface area contributed by atoms with E-state index in [1.165, 1.54) is 6.08 Å². The number of rotatable bonds is 3. The Balaban J connectivity index is 2.01. The van der Waals surface area contributed by atoms with Crippen LogP contribution in [0.5, 0.6) is 0 Å². The van der Waals surface area contributed by atoms with Gasteiger partial charge < -0.3 is 10.4 Å². The van der Waals surface area contributed by atoms with Crippen LogP contribution >= 0.6 is 0 Å². The number of likely N-dealkylation sites (tertiary alicyclic amines) is 1. The lowest BCUT2D eigenvalue weighted by atomic mass is 9.91. The van der Waals surface area contributed by atoms with Crippen molar-refractivity contribution in [2.75, 3.05) is 19.6 Å². The summed E-state index contributed by atoms with van der Waals surface area (Å²) in [5.74, 6) is -0.655. The predicted molar refractivity (Wildman–Crippen MR) is 62.5 cm³/mol. The van der Waals surface area contributed by atoms with Crippen LogP contribution in [-0.4, -0.2) is 47.6 Å². The first-order chi connectivity index (χ1) is 8.08. The lowest BCUT2D eigenvalue weighted by Gasteiger charge is -2.35. The van der Waals surface area contributed by atoms with Crippen LogP contribution in [0.25, 0.3) is 0 Å². The van der Waals surface area contributed by atoms with Crippen LogP contribution in [0, 0.1) is 5.92 Å². The van der Waals surface area contributed by atoms with Crippen molar-refractivity contribution in [3.8, 4) is 0 Å². The van der Waals surface area contributed by atoms with Crippen LogP contribution in [0.4, 0.5) is 0 Å². The van der Waals surface area contributed by atoms with Gasteiger partial charge in [-0.1, -0.05) is 5.57 Å². The molecule has 0 radical (unpaired) electrons. The molecule has 2 aliphatic rings. The first-order valence-electron chi connectivity index (χ1n) is 6.00. The second kappa shape index (κ2) is 4.87. The number of amides is 1. The van der Waals surface area contributed by atoms with Gasteiger partial charge in [-0.05, 0) is 26.3 Å². The van der Waals surface area contributed by atoms with Gasteiger partial charge in [0.05, 0.1) is 5.92 Å². The Kier molecular flexibility index (Phi) is 3.47. The van der Waals surface area contributed by atoms with Gasteiger partial charge in [0, 0.05) is 25.2 Å². The molecular weight excluding hydrogens is 220 g/mol. The molecule has 2 heterocycles. The van der Waals surface area contributed by atoms with E-state index in [2.05, 4.69) is 10.2 Å². The predicted octanol–water partition coefficient (Wildman–Crippen LogP) is 0.228. The Morgan fingerprint density at radius 3 is 3.12 bits per heavy atom. The monoisotopic (exact) mass is 238 g/mol. The standard InChI is InChI=1S/C12H18N2O3/c1-8(5-11(15)16)7-14-4-2-3-9-10(14)6-13-12(9)17/h5,9-10H,2-4,6-7H2,1H3,(H,13,17)(H,15,16). The first kappa shape index (κ1) is 12.1. The largest absolute Gasteiger partial charge is 0.478 e. The van der Waals surface area contributed by atoms with Crippen LogP contribution in [-0.2, 0) is 9.59 Å². The van der Waals surface area contributed by atoms with Crippen molar-refractivity contribution in [2.24, 2.45) is 5.92 Å². The second-order valence-corrected chi connectivity index (χ2v) is 4.86. The molecule has 0 saturated carbocycles. The van der Waals surface area contributed by atoms with Crippen LogP contribution in [0.3, 0.4) is 0 Å². The summed E-state index contributed by atoms with van der Waals surface area (Å²) in [6, 6.07) is 0.244. The minimum Gasteiger partial charge on any atom is -0.478 e. The van der Waals surface area contributed by atoms with Gasteiger partial charge in [-0.2, -0.15) is 0 Å². The molecule has 2 rings (SSSR count). The molecule has 2 N–H and O–H groups in total. The molecule has 0 aromatic rings. The van der Waals surface area contributed by atoms with Gasteiger partial charge in [-0.15, -0.1) is 0 Å². The highest BCUT2D eigenvalue weighted by molar-refractivity contribution is 5.82. The van der Waals surface area contributed by atoms with Crippen LogP contribution in [0.1, 0.15) is 19.8 Å².